The molecule has 0 aliphatic heterocycles. The summed E-state index contributed by atoms with van der Waals surface area (Å²) in [6.07, 6.45) is 1.80. The van der Waals surface area contributed by atoms with E-state index in [2.05, 4.69) is 0 Å². The van der Waals surface area contributed by atoms with Gasteiger partial charge in [-0.2, -0.15) is 0 Å². The summed E-state index contributed by atoms with van der Waals surface area (Å²) in [4.78, 5) is 14.5. The van der Waals surface area contributed by atoms with E-state index in [1.54, 1.807) is 17.2 Å². The second kappa shape index (κ2) is 5.82. The number of hydrogen-bond donors (Lipinski definition) is 1. The van der Waals surface area contributed by atoms with Crippen LogP contribution in [0.15, 0.2) is 36.5 Å². The number of anilines is 2. The number of nitrogens with zero attached hydrogens (tertiary/aromatic N) is 2. The van der Waals surface area contributed by atoms with E-state index in [1.165, 1.54) is 0 Å². The van der Waals surface area contributed by atoms with Gasteiger partial charge in [0.2, 0.25) is 0 Å². The van der Waals surface area contributed by atoms with Gasteiger partial charge in [-0.15, -0.1) is 0 Å². The smallest absolute Gasteiger partial charge is 0.274 e. The normalized spacial score (nSPS) is 10.6. The summed E-state index contributed by atoms with van der Waals surface area (Å²) in [6, 6.07) is 9.70. The molecule has 1 aromatic carbocycles. The summed E-state index contributed by atoms with van der Waals surface area (Å²) in [7, 11) is 0. The molecule has 20 heavy (non-hydrogen) atoms. The fourth-order valence-corrected chi connectivity index (χ4v) is 2.35. The maximum atomic E-state index is 12.7. The minimum Gasteiger partial charge on any atom is -0.397 e. The first-order chi connectivity index (χ1) is 9.56. The van der Waals surface area contributed by atoms with Gasteiger partial charge in [-0.1, -0.05) is 12.1 Å². The number of carbonyl (C=O) groups excluding carboxylic acids is 1. The molecule has 1 aromatic heterocycles. The number of nitrogens with two attached hydrogens (primary N) is 1. The number of benzene rings is 1. The first-order valence-corrected chi connectivity index (χ1v) is 6.91. The second-order valence-electron chi connectivity index (χ2n) is 4.83. The van der Waals surface area contributed by atoms with Crippen LogP contribution in [0.5, 0.6) is 0 Å². The van der Waals surface area contributed by atoms with Crippen LogP contribution in [0, 0.1) is 6.92 Å². The SMILES string of the molecule is CCN(C(=O)c1cc(N)cn1CC)c1cccc(C)c1. The van der Waals surface area contributed by atoms with E-state index in [4.69, 9.17) is 5.73 Å². The van der Waals surface area contributed by atoms with Crippen molar-refractivity contribution in [2.75, 3.05) is 17.2 Å². The van der Waals surface area contributed by atoms with Gasteiger partial charge in [0.15, 0.2) is 0 Å². The third kappa shape index (κ3) is 2.69. The predicted octanol–water partition coefficient (Wildman–Crippen LogP) is 3.07. The van der Waals surface area contributed by atoms with Gasteiger partial charge in [-0.05, 0) is 44.5 Å². The molecule has 1 amide bonds. The Morgan fingerprint density at radius 1 is 1.30 bits per heavy atom. The van der Waals surface area contributed by atoms with Gasteiger partial charge >= 0.3 is 0 Å². The van der Waals surface area contributed by atoms with Crippen molar-refractivity contribution in [3.8, 4) is 0 Å². The van der Waals surface area contributed by atoms with E-state index in [-0.39, 0.29) is 5.91 Å². The molecule has 0 aliphatic carbocycles. The molecule has 0 saturated carbocycles. The number of carbonyl (C=O) groups is 1. The first kappa shape index (κ1) is 14.2. The number of rotatable bonds is 4. The van der Waals surface area contributed by atoms with Crippen LogP contribution >= 0.6 is 0 Å². The number of amides is 1. The molecule has 106 valence electrons. The van der Waals surface area contributed by atoms with Gasteiger partial charge in [0, 0.05) is 25.0 Å². The Morgan fingerprint density at radius 3 is 2.65 bits per heavy atom. The maximum Gasteiger partial charge on any atom is 0.274 e. The van der Waals surface area contributed by atoms with Gasteiger partial charge in [0.25, 0.3) is 5.91 Å². The third-order valence-electron chi connectivity index (χ3n) is 3.35. The highest BCUT2D eigenvalue weighted by Gasteiger charge is 2.19. The van der Waals surface area contributed by atoms with Gasteiger partial charge in [-0.3, -0.25) is 4.79 Å². The summed E-state index contributed by atoms with van der Waals surface area (Å²) in [5.41, 5.74) is 9.11. The van der Waals surface area contributed by atoms with Crippen LogP contribution in [-0.4, -0.2) is 17.0 Å². The van der Waals surface area contributed by atoms with E-state index >= 15 is 0 Å². The summed E-state index contributed by atoms with van der Waals surface area (Å²) in [6.45, 7) is 7.34. The fraction of sp³-hybridized carbons (Fsp3) is 0.312. The van der Waals surface area contributed by atoms with Crippen molar-refractivity contribution in [2.45, 2.75) is 27.3 Å². The van der Waals surface area contributed by atoms with Crippen LogP contribution in [0.2, 0.25) is 0 Å². The van der Waals surface area contributed by atoms with E-state index in [1.807, 2.05) is 49.6 Å². The lowest BCUT2D eigenvalue weighted by molar-refractivity contribution is 0.0979. The van der Waals surface area contributed by atoms with Crippen LogP contribution in [-0.2, 0) is 6.54 Å². The lowest BCUT2D eigenvalue weighted by Crippen LogP contribution is -2.32. The number of nitrogen functional groups attached to an aromatic ring is 1. The molecular formula is C16H21N3O. The Kier molecular flexibility index (Phi) is 4.13. The third-order valence-corrected chi connectivity index (χ3v) is 3.35. The molecule has 0 saturated heterocycles. The molecule has 0 unspecified atom stereocenters. The van der Waals surface area contributed by atoms with E-state index in [0.717, 1.165) is 17.8 Å². The van der Waals surface area contributed by atoms with Gasteiger partial charge in [-0.25, -0.2) is 0 Å². The summed E-state index contributed by atoms with van der Waals surface area (Å²) < 4.78 is 1.89. The number of hydrogen-bond acceptors (Lipinski definition) is 2. The van der Waals surface area contributed by atoms with Crippen LogP contribution in [0.4, 0.5) is 11.4 Å². The molecule has 0 atom stereocenters. The zero-order chi connectivity index (χ0) is 14.7. The first-order valence-electron chi connectivity index (χ1n) is 6.91. The fourth-order valence-electron chi connectivity index (χ4n) is 2.35. The highest BCUT2D eigenvalue weighted by atomic mass is 16.2. The Hall–Kier alpha value is -2.23. The van der Waals surface area contributed by atoms with Crippen molar-refractivity contribution in [1.29, 1.82) is 0 Å². The second-order valence-corrected chi connectivity index (χ2v) is 4.83. The molecule has 0 bridgehead atoms. The Bertz CT molecular complexity index is 616. The largest absolute Gasteiger partial charge is 0.397 e. The summed E-state index contributed by atoms with van der Waals surface area (Å²) >= 11 is 0. The number of aryl methyl sites for hydroxylation is 2. The average molecular weight is 271 g/mol. The van der Waals surface area contributed by atoms with Crippen LogP contribution in [0.3, 0.4) is 0 Å². The van der Waals surface area contributed by atoms with Crippen molar-refractivity contribution in [3.05, 3.63) is 47.8 Å². The van der Waals surface area contributed by atoms with Crippen LogP contribution in [0.1, 0.15) is 29.9 Å². The van der Waals surface area contributed by atoms with Gasteiger partial charge in [0.1, 0.15) is 5.69 Å². The zero-order valence-corrected chi connectivity index (χ0v) is 12.3. The van der Waals surface area contributed by atoms with Crippen molar-refractivity contribution in [3.63, 3.8) is 0 Å². The van der Waals surface area contributed by atoms with E-state index in [9.17, 15) is 4.79 Å². The highest BCUT2D eigenvalue weighted by Crippen LogP contribution is 2.20. The van der Waals surface area contributed by atoms with E-state index < -0.39 is 0 Å². The molecule has 1 heterocycles. The average Bonchev–Trinajstić information content (AvgIpc) is 2.81. The van der Waals surface area contributed by atoms with Crippen LogP contribution in [0.25, 0.3) is 0 Å². The minimum absolute atomic E-state index is 0.0170. The van der Waals surface area contributed by atoms with Gasteiger partial charge < -0.3 is 15.2 Å². The monoisotopic (exact) mass is 271 g/mol. The number of aromatic nitrogens is 1. The molecule has 4 heteroatoms. The molecule has 0 radical (unpaired) electrons. The molecule has 0 fully saturated rings. The molecule has 2 rings (SSSR count). The molecule has 4 nitrogen and oxygen atoms in total. The maximum absolute atomic E-state index is 12.7. The Morgan fingerprint density at radius 2 is 2.05 bits per heavy atom. The van der Waals surface area contributed by atoms with Crippen molar-refractivity contribution < 1.29 is 4.79 Å². The standard InChI is InChI=1S/C16H21N3O/c1-4-18-11-13(17)10-15(18)16(20)19(5-2)14-8-6-7-12(3)9-14/h6-11H,4-5,17H2,1-3H3. The Balaban J connectivity index is 2.38. The van der Waals surface area contributed by atoms with Gasteiger partial charge in [0.05, 0.1) is 5.69 Å². The lowest BCUT2D eigenvalue weighted by atomic mass is 10.2. The molecule has 2 N–H and O–H groups in total. The quantitative estimate of drug-likeness (QED) is 0.929. The zero-order valence-electron chi connectivity index (χ0n) is 12.3. The summed E-state index contributed by atoms with van der Waals surface area (Å²) in [5, 5.41) is 0. The lowest BCUT2D eigenvalue weighted by Gasteiger charge is -2.22. The topological polar surface area (TPSA) is 51.3 Å². The molecule has 0 aliphatic rings. The highest BCUT2D eigenvalue weighted by molar-refractivity contribution is 6.05. The van der Waals surface area contributed by atoms with Crippen molar-refractivity contribution in [2.24, 2.45) is 0 Å². The molecular weight excluding hydrogens is 250 g/mol. The summed E-state index contributed by atoms with van der Waals surface area (Å²) in [5.74, 6) is -0.0170. The van der Waals surface area contributed by atoms with Crippen molar-refractivity contribution in [1.82, 2.24) is 4.57 Å². The molecule has 0 spiro atoms. The molecule has 2 aromatic rings. The predicted molar refractivity (Wildman–Crippen MR) is 83.0 cm³/mol. The van der Waals surface area contributed by atoms with Crippen LogP contribution < -0.4 is 10.6 Å². The Labute approximate surface area is 119 Å². The van der Waals surface area contributed by atoms with Crippen molar-refractivity contribution >= 4 is 17.3 Å². The minimum atomic E-state index is -0.0170. The van der Waals surface area contributed by atoms with E-state index in [0.29, 0.717) is 17.9 Å².